The number of aromatic nitrogens is 3. The molecule has 0 radical (unpaired) electrons. The fourth-order valence-corrected chi connectivity index (χ4v) is 3.72. The highest BCUT2D eigenvalue weighted by atomic mass is 19.1. The summed E-state index contributed by atoms with van der Waals surface area (Å²) in [7, 11) is 1.61. The molecule has 0 amide bonds. The molecular weight excluding hydrogens is 449 g/mol. The molecule has 10 heteroatoms. The lowest BCUT2D eigenvalue weighted by molar-refractivity contribution is 0.196. The van der Waals surface area contributed by atoms with Crippen molar-refractivity contribution in [1.82, 2.24) is 15.0 Å². The highest BCUT2D eigenvalue weighted by molar-refractivity contribution is 5.94. The first-order valence-electron chi connectivity index (χ1n) is 11.0. The lowest BCUT2D eigenvalue weighted by atomic mass is 10.1. The summed E-state index contributed by atoms with van der Waals surface area (Å²) in [4.78, 5) is 14.4. The van der Waals surface area contributed by atoms with Crippen LogP contribution in [0.5, 0.6) is 0 Å². The van der Waals surface area contributed by atoms with Gasteiger partial charge in [0, 0.05) is 49.0 Å². The van der Waals surface area contributed by atoms with Crippen molar-refractivity contribution in [1.29, 1.82) is 5.41 Å². The Labute approximate surface area is 202 Å². The molecule has 2 heterocycles. The van der Waals surface area contributed by atoms with E-state index in [2.05, 4.69) is 20.3 Å². The number of ether oxygens (including phenoxy) is 1. The van der Waals surface area contributed by atoms with Crippen LogP contribution in [0.15, 0.2) is 59.5 Å². The van der Waals surface area contributed by atoms with Gasteiger partial charge in [0.15, 0.2) is 23.8 Å². The van der Waals surface area contributed by atoms with E-state index >= 15 is 4.39 Å². The Morgan fingerprint density at radius 1 is 1.23 bits per heavy atom. The van der Waals surface area contributed by atoms with E-state index in [4.69, 9.17) is 20.3 Å². The zero-order chi connectivity index (χ0) is 24.8. The average Bonchev–Trinajstić information content (AvgIpc) is 3.29. The molecule has 0 aliphatic rings. The molecule has 180 valence electrons. The van der Waals surface area contributed by atoms with Gasteiger partial charge in [-0.25, -0.2) is 14.4 Å². The predicted octanol–water partition coefficient (Wildman–Crippen LogP) is 5.08. The van der Waals surface area contributed by atoms with Gasteiger partial charge >= 0.3 is 0 Å². The molecule has 0 saturated carbocycles. The first kappa shape index (κ1) is 23.8. The van der Waals surface area contributed by atoms with E-state index < -0.39 is 5.82 Å². The van der Waals surface area contributed by atoms with E-state index in [-0.39, 0.29) is 11.8 Å². The number of halogens is 1. The molecule has 0 bridgehead atoms. The summed E-state index contributed by atoms with van der Waals surface area (Å²) in [6.07, 6.45) is 4.28. The average molecular weight is 476 g/mol. The molecule has 0 atom stereocenters. The third kappa shape index (κ3) is 5.28. The van der Waals surface area contributed by atoms with Gasteiger partial charge < -0.3 is 30.5 Å². The number of oxazole rings is 1. The Balaban J connectivity index is 1.69. The Morgan fingerprint density at radius 2 is 2.06 bits per heavy atom. The number of anilines is 5. The summed E-state index contributed by atoms with van der Waals surface area (Å²) < 4.78 is 25.7. The van der Waals surface area contributed by atoms with Crippen molar-refractivity contribution in [2.24, 2.45) is 0 Å². The third-order valence-electron chi connectivity index (χ3n) is 5.39. The molecule has 0 aliphatic heterocycles. The number of hydrogen-bond acceptors (Lipinski definition) is 9. The number of nitrogens with zero attached hydrogens (tertiary/aromatic N) is 4. The van der Waals surface area contributed by atoms with Gasteiger partial charge in [0.25, 0.3) is 0 Å². The third-order valence-corrected chi connectivity index (χ3v) is 5.39. The summed E-state index contributed by atoms with van der Waals surface area (Å²) in [6.45, 7) is 2.74. The molecule has 2 aromatic heterocycles. The van der Waals surface area contributed by atoms with Crippen LogP contribution in [-0.2, 0) is 4.74 Å². The number of nitrogens with one attached hydrogen (secondary N) is 2. The Kier molecular flexibility index (Phi) is 7.32. The summed E-state index contributed by atoms with van der Waals surface area (Å²) in [5, 5.41) is 11.0. The molecule has 0 saturated heterocycles. The molecule has 0 spiro atoms. The van der Waals surface area contributed by atoms with Crippen LogP contribution in [0.2, 0.25) is 0 Å². The van der Waals surface area contributed by atoms with Gasteiger partial charge in [0.05, 0.1) is 17.6 Å². The van der Waals surface area contributed by atoms with Crippen molar-refractivity contribution in [3.05, 3.63) is 72.1 Å². The zero-order valence-corrected chi connectivity index (χ0v) is 19.5. The molecule has 2 aromatic carbocycles. The van der Waals surface area contributed by atoms with Gasteiger partial charge in [0.1, 0.15) is 0 Å². The summed E-state index contributed by atoms with van der Waals surface area (Å²) in [5.74, 6) is 0.344. The Morgan fingerprint density at radius 3 is 2.80 bits per heavy atom. The van der Waals surface area contributed by atoms with Crippen molar-refractivity contribution < 1.29 is 13.5 Å². The number of benzene rings is 2. The lowest BCUT2D eigenvalue weighted by Gasteiger charge is -2.26. The van der Waals surface area contributed by atoms with Crippen LogP contribution in [-0.4, -0.2) is 41.4 Å². The molecule has 0 aliphatic carbocycles. The van der Waals surface area contributed by atoms with Gasteiger partial charge in [-0.3, -0.25) is 0 Å². The minimum atomic E-state index is -0.600. The van der Waals surface area contributed by atoms with Crippen molar-refractivity contribution >= 4 is 35.0 Å². The summed E-state index contributed by atoms with van der Waals surface area (Å²) >= 11 is 0. The van der Waals surface area contributed by atoms with E-state index in [1.807, 2.05) is 31.2 Å². The van der Waals surface area contributed by atoms with Crippen molar-refractivity contribution in [3.63, 3.8) is 0 Å². The van der Waals surface area contributed by atoms with Crippen LogP contribution in [0.25, 0.3) is 11.3 Å². The van der Waals surface area contributed by atoms with Crippen LogP contribution in [0.4, 0.5) is 33.2 Å². The summed E-state index contributed by atoms with van der Waals surface area (Å²) in [5.41, 5.74) is 9.87. The van der Waals surface area contributed by atoms with Crippen LogP contribution in [0.3, 0.4) is 0 Å². The van der Waals surface area contributed by atoms with Gasteiger partial charge in [-0.1, -0.05) is 18.2 Å². The van der Waals surface area contributed by atoms with E-state index in [1.54, 1.807) is 30.2 Å². The molecule has 0 unspecified atom stereocenters. The van der Waals surface area contributed by atoms with Gasteiger partial charge in [-0.05, 0) is 37.6 Å². The number of nitrogens with two attached hydrogens (primary N) is 1. The van der Waals surface area contributed by atoms with Gasteiger partial charge in [-0.15, -0.1) is 0 Å². The maximum Gasteiger partial charge on any atom is 0.229 e. The largest absolute Gasteiger partial charge is 0.443 e. The number of aryl methyl sites for hydroxylation is 1. The molecule has 35 heavy (non-hydrogen) atoms. The standard InChI is InChI=1S/C25H26FN7O2/c1-16-23(35-15-30-16)17-6-3-7-18(12-17)31-25-29-14-20(26)24(32-25)33(10-5-11-34-2)22-9-4-8-21(28)19(22)13-27/h3-4,6-9,12-15,27H,5,10-11,28H2,1-2H3,(H,29,31,32). The second-order valence-electron chi connectivity index (χ2n) is 7.76. The van der Waals surface area contributed by atoms with E-state index in [0.29, 0.717) is 48.0 Å². The minimum absolute atomic E-state index is 0.0644. The molecule has 0 fully saturated rings. The Bertz CT molecular complexity index is 1320. The fraction of sp³-hybridized carbons (Fsp3) is 0.200. The fourth-order valence-electron chi connectivity index (χ4n) is 3.72. The maximum atomic E-state index is 15.1. The van der Waals surface area contributed by atoms with Crippen LogP contribution < -0.4 is 16.0 Å². The van der Waals surface area contributed by atoms with Crippen LogP contribution in [0, 0.1) is 18.2 Å². The van der Waals surface area contributed by atoms with E-state index in [1.165, 1.54) is 6.39 Å². The van der Waals surface area contributed by atoms with E-state index in [9.17, 15) is 0 Å². The van der Waals surface area contributed by atoms with E-state index in [0.717, 1.165) is 23.7 Å². The predicted molar refractivity (Wildman–Crippen MR) is 134 cm³/mol. The first-order valence-corrected chi connectivity index (χ1v) is 11.0. The molecular formula is C25H26FN7O2. The molecule has 4 N–H and O–H groups in total. The highest BCUT2D eigenvalue weighted by Crippen LogP contribution is 2.32. The van der Waals surface area contributed by atoms with Gasteiger partial charge in [0.2, 0.25) is 5.95 Å². The quantitative estimate of drug-likeness (QED) is 0.165. The molecule has 9 nitrogen and oxygen atoms in total. The minimum Gasteiger partial charge on any atom is -0.443 e. The number of hydrogen-bond donors (Lipinski definition) is 3. The monoisotopic (exact) mass is 475 g/mol. The summed E-state index contributed by atoms with van der Waals surface area (Å²) in [6, 6.07) is 12.7. The molecule has 4 rings (SSSR count). The normalized spacial score (nSPS) is 10.8. The lowest BCUT2D eigenvalue weighted by Crippen LogP contribution is -2.24. The van der Waals surface area contributed by atoms with Crippen molar-refractivity contribution in [2.75, 3.05) is 36.2 Å². The highest BCUT2D eigenvalue weighted by Gasteiger charge is 2.20. The topological polar surface area (TPSA) is 126 Å². The second-order valence-corrected chi connectivity index (χ2v) is 7.76. The Hall–Kier alpha value is -4.31. The van der Waals surface area contributed by atoms with Crippen molar-refractivity contribution in [3.8, 4) is 11.3 Å². The first-order chi connectivity index (χ1) is 17.0. The number of rotatable bonds is 10. The van der Waals surface area contributed by atoms with Crippen LogP contribution >= 0.6 is 0 Å². The zero-order valence-electron chi connectivity index (χ0n) is 19.5. The number of methoxy groups -OCH3 is 1. The van der Waals surface area contributed by atoms with Crippen molar-refractivity contribution in [2.45, 2.75) is 13.3 Å². The van der Waals surface area contributed by atoms with Crippen LogP contribution in [0.1, 0.15) is 17.7 Å². The molecule has 4 aromatic rings. The maximum absolute atomic E-state index is 15.1. The smallest absolute Gasteiger partial charge is 0.229 e. The SMILES string of the molecule is COCCCN(c1cccc(N)c1C=N)c1nc(Nc2cccc(-c3ocnc3C)c2)ncc1F. The van der Waals surface area contributed by atoms with Gasteiger partial charge in [-0.2, -0.15) is 4.98 Å². The number of nitrogen functional groups attached to an aromatic ring is 1. The second kappa shape index (κ2) is 10.7.